The summed E-state index contributed by atoms with van der Waals surface area (Å²) in [5.74, 6) is 0. The van der Waals surface area contributed by atoms with Gasteiger partial charge in [0.25, 0.3) is 0 Å². The molecule has 0 spiro atoms. The molecule has 16 heavy (non-hydrogen) atoms. The zero-order chi connectivity index (χ0) is 11.4. The quantitative estimate of drug-likeness (QED) is 0.673. The third-order valence-electron chi connectivity index (χ3n) is 2.95. The highest BCUT2D eigenvalue weighted by molar-refractivity contribution is 7.98. The molecule has 2 rings (SSSR count). The summed E-state index contributed by atoms with van der Waals surface area (Å²) < 4.78 is 0. The Balaban J connectivity index is 2.45. The predicted molar refractivity (Wildman–Crippen MR) is 74.3 cm³/mol. The van der Waals surface area contributed by atoms with Crippen molar-refractivity contribution < 1.29 is 0 Å². The van der Waals surface area contributed by atoms with Crippen LogP contribution in [0.3, 0.4) is 0 Å². The number of aryl methyl sites for hydroxylation is 1. The van der Waals surface area contributed by atoms with Crippen LogP contribution in [-0.4, -0.2) is 6.26 Å². The molecule has 0 unspecified atom stereocenters. The number of hydrogen-bond donors (Lipinski definition) is 0. The summed E-state index contributed by atoms with van der Waals surface area (Å²) >= 11 is 1.86. The van der Waals surface area contributed by atoms with Crippen LogP contribution in [0.2, 0.25) is 0 Å². The van der Waals surface area contributed by atoms with E-state index in [4.69, 9.17) is 0 Å². The van der Waals surface area contributed by atoms with E-state index in [1.165, 1.54) is 40.5 Å². The second-order valence-electron chi connectivity index (χ2n) is 4.11. The molecule has 0 atom stereocenters. The van der Waals surface area contributed by atoms with Crippen molar-refractivity contribution in [2.45, 2.75) is 31.1 Å². The van der Waals surface area contributed by atoms with Gasteiger partial charge in [0.2, 0.25) is 0 Å². The van der Waals surface area contributed by atoms with E-state index < -0.39 is 0 Å². The molecule has 0 aliphatic rings. The third kappa shape index (κ3) is 2.41. The number of unbranched alkanes of at least 4 members (excludes halogenated alkanes) is 1. The first-order chi connectivity index (χ1) is 7.85. The Morgan fingerprint density at radius 2 is 1.75 bits per heavy atom. The lowest BCUT2D eigenvalue weighted by atomic mass is 10.0. The Labute approximate surface area is 102 Å². The maximum Gasteiger partial charge on any atom is 0.0108 e. The van der Waals surface area contributed by atoms with Crippen LogP contribution < -0.4 is 0 Å². The summed E-state index contributed by atoms with van der Waals surface area (Å²) in [6, 6.07) is 13.3. The molecule has 0 aliphatic heterocycles. The van der Waals surface area contributed by atoms with Crippen LogP contribution in [-0.2, 0) is 6.42 Å². The van der Waals surface area contributed by atoms with E-state index in [1.807, 2.05) is 11.8 Å². The van der Waals surface area contributed by atoms with Crippen LogP contribution in [0.15, 0.2) is 41.3 Å². The smallest absolute Gasteiger partial charge is 0.0108 e. The van der Waals surface area contributed by atoms with Crippen molar-refractivity contribution in [1.82, 2.24) is 0 Å². The van der Waals surface area contributed by atoms with E-state index in [0.717, 1.165) is 0 Å². The Hall–Kier alpha value is -0.950. The zero-order valence-electron chi connectivity index (χ0n) is 9.99. The van der Waals surface area contributed by atoms with Crippen LogP contribution in [0, 0.1) is 0 Å². The summed E-state index contributed by atoms with van der Waals surface area (Å²) in [4.78, 5) is 1.44. The molecule has 0 saturated heterocycles. The van der Waals surface area contributed by atoms with Gasteiger partial charge in [-0.05, 0) is 41.5 Å². The largest absolute Gasteiger partial charge is 0.129 e. The molecule has 0 aliphatic carbocycles. The minimum atomic E-state index is 1.21. The molecule has 84 valence electrons. The van der Waals surface area contributed by atoms with Crippen molar-refractivity contribution in [2.75, 3.05) is 6.26 Å². The molecule has 0 radical (unpaired) electrons. The van der Waals surface area contributed by atoms with Gasteiger partial charge in [0.15, 0.2) is 0 Å². The van der Waals surface area contributed by atoms with Crippen molar-refractivity contribution in [3.05, 3.63) is 42.0 Å². The summed E-state index contributed by atoms with van der Waals surface area (Å²) in [5.41, 5.74) is 1.51. The van der Waals surface area contributed by atoms with Crippen LogP contribution in [0.4, 0.5) is 0 Å². The Morgan fingerprint density at radius 3 is 2.38 bits per heavy atom. The van der Waals surface area contributed by atoms with Gasteiger partial charge >= 0.3 is 0 Å². The van der Waals surface area contributed by atoms with Crippen LogP contribution in [0.1, 0.15) is 25.3 Å². The summed E-state index contributed by atoms with van der Waals surface area (Å²) in [7, 11) is 0. The van der Waals surface area contributed by atoms with Crippen molar-refractivity contribution in [3.63, 3.8) is 0 Å². The van der Waals surface area contributed by atoms with E-state index in [2.05, 4.69) is 49.6 Å². The van der Waals surface area contributed by atoms with Crippen LogP contribution in [0.25, 0.3) is 10.8 Å². The number of rotatable bonds is 4. The average molecular weight is 230 g/mol. The summed E-state index contributed by atoms with van der Waals surface area (Å²) in [6.45, 7) is 2.25. The second kappa shape index (κ2) is 5.40. The van der Waals surface area contributed by atoms with E-state index in [-0.39, 0.29) is 0 Å². The van der Waals surface area contributed by atoms with Crippen molar-refractivity contribution in [2.24, 2.45) is 0 Å². The maximum absolute atomic E-state index is 2.36. The van der Waals surface area contributed by atoms with Gasteiger partial charge in [0.05, 0.1) is 0 Å². The first kappa shape index (κ1) is 11.5. The third-order valence-corrected chi connectivity index (χ3v) is 3.77. The van der Waals surface area contributed by atoms with Gasteiger partial charge in [0, 0.05) is 4.90 Å². The Bertz CT molecular complexity index is 474. The van der Waals surface area contributed by atoms with E-state index in [0.29, 0.717) is 0 Å². The van der Waals surface area contributed by atoms with Gasteiger partial charge in [-0.25, -0.2) is 0 Å². The highest BCUT2D eigenvalue weighted by Crippen LogP contribution is 2.27. The summed E-state index contributed by atoms with van der Waals surface area (Å²) in [6.07, 6.45) is 5.92. The molecule has 2 aromatic rings. The van der Waals surface area contributed by atoms with Crippen LogP contribution in [0.5, 0.6) is 0 Å². The van der Waals surface area contributed by atoms with Crippen molar-refractivity contribution in [1.29, 1.82) is 0 Å². The fraction of sp³-hybridized carbons (Fsp3) is 0.333. The molecule has 0 nitrogen and oxygen atoms in total. The van der Waals surface area contributed by atoms with E-state index in [1.54, 1.807) is 0 Å². The van der Waals surface area contributed by atoms with E-state index in [9.17, 15) is 0 Å². The molecule has 0 heterocycles. The molecule has 0 fully saturated rings. The average Bonchev–Trinajstić information content (AvgIpc) is 2.35. The highest BCUT2D eigenvalue weighted by Gasteiger charge is 2.03. The lowest BCUT2D eigenvalue weighted by Crippen LogP contribution is -1.89. The fourth-order valence-corrected chi connectivity index (χ4v) is 2.69. The normalized spacial score (nSPS) is 10.9. The number of benzene rings is 2. The standard InChI is InChI=1S/C15H18S/c1-3-4-7-14-10-12-8-5-6-9-13(12)11-15(14)16-2/h5-6,8-11H,3-4,7H2,1-2H3. The monoisotopic (exact) mass is 230 g/mol. The second-order valence-corrected chi connectivity index (χ2v) is 4.96. The molecule has 0 aromatic heterocycles. The SMILES string of the molecule is CCCCc1cc2ccccc2cc1SC. The highest BCUT2D eigenvalue weighted by atomic mass is 32.2. The molecule has 0 saturated carbocycles. The lowest BCUT2D eigenvalue weighted by Gasteiger charge is -2.09. The van der Waals surface area contributed by atoms with Gasteiger partial charge < -0.3 is 0 Å². The molecular formula is C15H18S. The van der Waals surface area contributed by atoms with Crippen molar-refractivity contribution in [3.8, 4) is 0 Å². The van der Waals surface area contributed by atoms with Gasteiger partial charge in [-0.2, -0.15) is 0 Å². The summed E-state index contributed by atoms with van der Waals surface area (Å²) in [5, 5.41) is 2.72. The maximum atomic E-state index is 2.36. The minimum Gasteiger partial charge on any atom is -0.129 e. The van der Waals surface area contributed by atoms with Gasteiger partial charge in [0.1, 0.15) is 0 Å². The molecular weight excluding hydrogens is 212 g/mol. The number of thioether (sulfide) groups is 1. The van der Waals surface area contributed by atoms with Gasteiger partial charge in [-0.1, -0.05) is 43.7 Å². The predicted octanol–water partition coefficient (Wildman–Crippen LogP) is 4.90. The van der Waals surface area contributed by atoms with Crippen molar-refractivity contribution >= 4 is 22.5 Å². The lowest BCUT2D eigenvalue weighted by molar-refractivity contribution is 0.786. The molecule has 1 heteroatoms. The fourth-order valence-electron chi connectivity index (χ4n) is 2.02. The molecule has 0 N–H and O–H groups in total. The first-order valence-corrected chi connectivity index (χ1v) is 7.13. The van der Waals surface area contributed by atoms with Gasteiger partial charge in [-0.15, -0.1) is 11.8 Å². The minimum absolute atomic E-state index is 1.21. The number of fused-ring (bicyclic) bond motifs is 1. The van der Waals surface area contributed by atoms with Gasteiger partial charge in [-0.3, -0.25) is 0 Å². The number of hydrogen-bond acceptors (Lipinski definition) is 1. The van der Waals surface area contributed by atoms with E-state index >= 15 is 0 Å². The zero-order valence-corrected chi connectivity index (χ0v) is 10.8. The Kier molecular flexibility index (Phi) is 3.89. The molecule has 0 amide bonds. The molecule has 0 bridgehead atoms. The first-order valence-electron chi connectivity index (χ1n) is 5.91. The topological polar surface area (TPSA) is 0 Å². The van der Waals surface area contributed by atoms with Crippen LogP contribution >= 0.6 is 11.8 Å². The molecule has 2 aromatic carbocycles. The Morgan fingerprint density at radius 1 is 1.06 bits per heavy atom.